The van der Waals surface area contributed by atoms with Crippen molar-refractivity contribution in [2.45, 2.75) is 12.3 Å². The molecule has 1 heterocycles. The first kappa shape index (κ1) is 18.4. The zero-order chi connectivity index (χ0) is 18.7. The van der Waals surface area contributed by atoms with E-state index in [4.69, 9.17) is 4.74 Å². The minimum Gasteiger partial charge on any atom is -0.375 e. The number of halogens is 1. The van der Waals surface area contributed by atoms with Crippen molar-refractivity contribution in [3.8, 4) is 0 Å². The summed E-state index contributed by atoms with van der Waals surface area (Å²) in [7, 11) is 1.45. The standard InChI is InChI=1S/C19H19FN2O3S/c1-12-6-7-15(20)16(8-12)22-18(24)11-26-19(22)13-4-3-5-14(9-13)21-17(23)10-25-2/h3-9,19H,10-11H2,1-2H3,(H,21,23). The summed E-state index contributed by atoms with van der Waals surface area (Å²) < 4.78 is 19.2. The molecule has 0 radical (unpaired) electrons. The van der Waals surface area contributed by atoms with Crippen LogP contribution >= 0.6 is 11.8 Å². The maximum absolute atomic E-state index is 14.3. The third kappa shape index (κ3) is 3.89. The van der Waals surface area contributed by atoms with Gasteiger partial charge in [-0.15, -0.1) is 11.8 Å². The number of methoxy groups -OCH3 is 1. The van der Waals surface area contributed by atoms with Gasteiger partial charge in [-0.1, -0.05) is 18.2 Å². The minimum atomic E-state index is -0.430. The van der Waals surface area contributed by atoms with Crippen LogP contribution in [0.15, 0.2) is 42.5 Å². The Bertz CT molecular complexity index is 843. The number of carbonyl (C=O) groups is 2. The van der Waals surface area contributed by atoms with Crippen molar-refractivity contribution in [3.05, 3.63) is 59.4 Å². The fraction of sp³-hybridized carbons (Fsp3) is 0.263. The molecule has 26 heavy (non-hydrogen) atoms. The van der Waals surface area contributed by atoms with Gasteiger partial charge < -0.3 is 10.1 Å². The molecule has 0 aromatic heterocycles. The molecule has 5 nitrogen and oxygen atoms in total. The molecule has 2 aromatic rings. The van der Waals surface area contributed by atoms with E-state index in [0.717, 1.165) is 11.1 Å². The smallest absolute Gasteiger partial charge is 0.250 e. The van der Waals surface area contributed by atoms with Crippen LogP contribution < -0.4 is 10.2 Å². The number of benzene rings is 2. The van der Waals surface area contributed by atoms with Gasteiger partial charge in [0.05, 0.1) is 11.4 Å². The van der Waals surface area contributed by atoms with Crippen molar-refractivity contribution < 1.29 is 18.7 Å². The van der Waals surface area contributed by atoms with E-state index in [9.17, 15) is 14.0 Å². The predicted molar refractivity (Wildman–Crippen MR) is 101 cm³/mol. The molecule has 0 aliphatic carbocycles. The highest BCUT2D eigenvalue weighted by atomic mass is 32.2. The van der Waals surface area contributed by atoms with Crippen molar-refractivity contribution in [2.24, 2.45) is 0 Å². The maximum Gasteiger partial charge on any atom is 0.250 e. The number of hydrogen-bond acceptors (Lipinski definition) is 4. The molecule has 136 valence electrons. The minimum absolute atomic E-state index is 0.0402. The van der Waals surface area contributed by atoms with Crippen LogP contribution in [0.5, 0.6) is 0 Å². The molecule has 1 unspecified atom stereocenters. The second-order valence-electron chi connectivity index (χ2n) is 5.99. The number of aryl methyl sites for hydroxylation is 1. The van der Waals surface area contributed by atoms with E-state index >= 15 is 0 Å². The van der Waals surface area contributed by atoms with E-state index in [2.05, 4.69) is 5.32 Å². The fourth-order valence-electron chi connectivity index (χ4n) is 2.84. The normalized spacial score (nSPS) is 16.8. The summed E-state index contributed by atoms with van der Waals surface area (Å²) in [5.41, 5.74) is 2.58. The van der Waals surface area contributed by atoms with Crippen LogP contribution in [0.4, 0.5) is 15.8 Å². The van der Waals surface area contributed by atoms with E-state index in [1.165, 1.54) is 29.8 Å². The molecule has 1 atom stereocenters. The zero-order valence-corrected chi connectivity index (χ0v) is 15.3. The van der Waals surface area contributed by atoms with Crippen LogP contribution in [0.25, 0.3) is 0 Å². The van der Waals surface area contributed by atoms with Gasteiger partial charge in [-0.25, -0.2) is 4.39 Å². The largest absolute Gasteiger partial charge is 0.375 e. The Balaban J connectivity index is 1.91. The van der Waals surface area contributed by atoms with Gasteiger partial charge in [0, 0.05) is 12.8 Å². The van der Waals surface area contributed by atoms with Gasteiger partial charge in [-0.2, -0.15) is 0 Å². The number of hydrogen-bond donors (Lipinski definition) is 1. The van der Waals surface area contributed by atoms with E-state index in [-0.39, 0.29) is 35.2 Å². The molecule has 7 heteroatoms. The van der Waals surface area contributed by atoms with E-state index in [1.54, 1.807) is 30.3 Å². The fourth-order valence-corrected chi connectivity index (χ4v) is 4.00. The summed E-state index contributed by atoms with van der Waals surface area (Å²) in [4.78, 5) is 25.6. The lowest BCUT2D eigenvalue weighted by Gasteiger charge is -2.25. The van der Waals surface area contributed by atoms with Gasteiger partial charge in [-0.05, 0) is 42.3 Å². The van der Waals surface area contributed by atoms with Crippen molar-refractivity contribution in [2.75, 3.05) is 29.7 Å². The van der Waals surface area contributed by atoms with Gasteiger partial charge in [0.1, 0.15) is 17.8 Å². The lowest BCUT2D eigenvalue weighted by molar-refractivity contribution is -0.119. The van der Waals surface area contributed by atoms with Gasteiger partial charge in [-0.3, -0.25) is 14.5 Å². The summed E-state index contributed by atoms with van der Waals surface area (Å²) in [5, 5.41) is 2.39. The van der Waals surface area contributed by atoms with Crippen LogP contribution in [0.2, 0.25) is 0 Å². The third-order valence-electron chi connectivity index (χ3n) is 3.96. The van der Waals surface area contributed by atoms with Gasteiger partial charge >= 0.3 is 0 Å². The summed E-state index contributed by atoms with van der Waals surface area (Å²) >= 11 is 1.43. The van der Waals surface area contributed by atoms with E-state index in [1.807, 2.05) is 13.0 Å². The van der Waals surface area contributed by atoms with E-state index < -0.39 is 5.82 Å². The molecule has 2 aromatic carbocycles. The number of nitrogens with zero attached hydrogens (tertiary/aromatic N) is 1. The lowest BCUT2D eigenvalue weighted by atomic mass is 10.1. The first-order chi connectivity index (χ1) is 12.5. The molecular weight excluding hydrogens is 355 g/mol. The van der Waals surface area contributed by atoms with E-state index in [0.29, 0.717) is 5.69 Å². The first-order valence-corrected chi connectivity index (χ1v) is 9.13. The van der Waals surface area contributed by atoms with Crippen molar-refractivity contribution in [3.63, 3.8) is 0 Å². The second kappa shape index (κ2) is 7.88. The Morgan fingerprint density at radius 1 is 1.35 bits per heavy atom. The molecule has 2 amide bonds. The highest BCUT2D eigenvalue weighted by molar-refractivity contribution is 8.00. The lowest BCUT2D eigenvalue weighted by Crippen LogP contribution is -2.28. The first-order valence-electron chi connectivity index (χ1n) is 8.08. The molecule has 0 bridgehead atoms. The molecule has 1 aliphatic heterocycles. The topological polar surface area (TPSA) is 58.6 Å². The Morgan fingerprint density at radius 2 is 2.15 bits per heavy atom. The number of ether oxygens (including phenoxy) is 1. The molecule has 1 fully saturated rings. The van der Waals surface area contributed by atoms with Gasteiger partial charge in [0.2, 0.25) is 11.8 Å². The third-order valence-corrected chi connectivity index (χ3v) is 5.17. The number of rotatable bonds is 5. The Kier molecular flexibility index (Phi) is 5.58. The Morgan fingerprint density at radius 3 is 2.92 bits per heavy atom. The van der Waals surface area contributed by atoms with Crippen molar-refractivity contribution >= 4 is 35.0 Å². The molecule has 1 saturated heterocycles. The van der Waals surface area contributed by atoms with Gasteiger partial charge in [0.15, 0.2) is 0 Å². The predicted octanol–water partition coefficient (Wildman–Crippen LogP) is 3.50. The molecule has 1 aliphatic rings. The van der Waals surface area contributed by atoms with Crippen LogP contribution in [-0.4, -0.2) is 31.3 Å². The maximum atomic E-state index is 14.3. The molecule has 1 N–H and O–H groups in total. The highest BCUT2D eigenvalue weighted by Gasteiger charge is 2.35. The molecule has 0 saturated carbocycles. The summed E-state index contributed by atoms with van der Waals surface area (Å²) in [5.74, 6) is -0.557. The van der Waals surface area contributed by atoms with Crippen molar-refractivity contribution in [1.29, 1.82) is 0 Å². The van der Waals surface area contributed by atoms with Crippen LogP contribution in [-0.2, 0) is 14.3 Å². The number of carbonyl (C=O) groups excluding carboxylic acids is 2. The monoisotopic (exact) mass is 374 g/mol. The second-order valence-corrected chi connectivity index (χ2v) is 7.06. The molecule has 0 spiro atoms. The zero-order valence-electron chi connectivity index (χ0n) is 14.5. The van der Waals surface area contributed by atoms with Crippen LogP contribution in [0.1, 0.15) is 16.5 Å². The van der Waals surface area contributed by atoms with Crippen molar-refractivity contribution in [1.82, 2.24) is 0 Å². The van der Waals surface area contributed by atoms with Crippen LogP contribution in [0, 0.1) is 12.7 Å². The average Bonchev–Trinajstić information content (AvgIpc) is 2.99. The van der Waals surface area contributed by atoms with Gasteiger partial charge in [0.25, 0.3) is 0 Å². The summed E-state index contributed by atoms with van der Waals surface area (Å²) in [6.45, 7) is 1.82. The number of thioether (sulfide) groups is 1. The number of nitrogens with one attached hydrogen (secondary N) is 1. The average molecular weight is 374 g/mol. The quantitative estimate of drug-likeness (QED) is 0.870. The Labute approximate surface area is 155 Å². The number of amides is 2. The Hall–Kier alpha value is -2.38. The summed E-state index contributed by atoms with van der Waals surface area (Å²) in [6, 6.07) is 11.9. The SMILES string of the molecule is COCC(=O)Nc1cccc(C2SCC(=O)N2c2cc(C)ccc2F)c1. The van der Waals surface area contributed by atoms with Crippen LogP contribution in [0.3, 0.4) is 0 Å². The molecule has 3 rings (SSSR count). The highest BCUT2D eigenvalue weighted by Crippen LogP contribution is 2.43. The molecular formula is C19H19FN2O3S. The summed E-state index contributed by atoms with van der Waals surface area (Å²) in [6.07, 6.45) is 0. The number of anilines is 2.